The number of esters is 1. The summed E-state index contributed by atoms with van der Waals surface area (Å²) in [6, 6.07) is 1.80. The Morgan fingerprint density at radius 2 is 1.96 bits per heavy atom. The third-order valence-corrected chi connectivity index (χ3v) is 4.60. The molecule has 0 aliphatic heterocycles. The summed E-state index contributed by atoms with van der Waals surface area (Å²) in [7, 11) is 3.25. The van der Waals surface area contributed by atoms with E-state index in [1.807, 2.05) is 24.8 Å². The molecule has 0 aliphatic rings. The van der Waals surface area contributed by atoms with Crippen molar-refractivity contribution in [3.63, 3.8) is 0 Å². The SMILES string of the molecule is COC(=O)c1cc(-c2cnn3cc(-c4cnn(C)c4)cnc23)cs1. The molecular weight excluding hydrogens is 326 g/mol. The highest BCUT2D eigenvalue weighted by molar-refractivity contribution is 7.12. The first-order chi connectivity index (χ1) is 11.7. The molecule has 4 aromatic rings. The molecule has 0 unspecified atom stereocenters. The molecule has 0 aromatic carbocycles. The minimum absolute atomic E-state index is 0.338. The fraction of sp³-hybridized carbons (Fsp3) is 0.125. The van der Waals surface area contributed by atoms with Gasteiger partial charge in [0.2, 0.25) is 0 Å². The minimum atomic E-state index is -0.338. The molecule has 0 atom stereocenters. The lowest BCUT2D eigenvalue weighted by molar-refractivity contribution is 0.0606. The predicted molar refractivity (Wildman–Crippen MR) is 89.8 cm³/mol. The maximum Gasteiger partial charge on any atom is 0.348 e. The van der Waals surface area contributed by atoms with Crippen LogP contribution in [0.1, 0.15) is 9.67 Å². The Balaban J connectivity index is 1.75. The van der Waals surface area contributed by atoms with Gasteiger partial charge in [0.1, 0.15) is 4.88 Å². The predicted octanol–water partition coefficient (Wildman–Crippen LogP) is 2.64. The minimum Gasteiger partial charge on any atom is -0.465 e. The highest BCUT2D eigenvalue weighted by Crippen LogP contribution is 2.29. The van der Waals surface area contributed by atoms with Gasteiger partial charge in [-0.15, -0.1) is 11.3 Å². The normalized spacial score (nSPS) is 11.1. The number of nitrogens with zero attached hydrogens (tertiary/aromatic N) is 5. The molecule has 0 spiro atoms. The number of carbonyl (C=O) groups is 1. The average Bonchev–Trinajstić information content (AvgIpc) is 3.31. The second kappa shape index (κ2) is 5.57. The van der Waals surface area contributed by atoms with E-state index in [-0.39, 0.29) is 5.97 Å². The summed E-state index contributed by atoms with van der Waals surface area (Å²) in [4.78, 5) is 16.7. The lowest BCUT2D eigenvalue weighted by Crippen LogP contribution is -1.96. The Hall–Kier alpha value is -3.00. The van der Waals surface area contributed by atoms with Crippen LogP contribution in [0.15, 0.2) is 42.4 Å². The molecule has 0 saturated heterocycles. The van der Waals surface area contributed by atoms with E-state index in [4.69, 9.17) is 4.74 Å². The second-order valence-corrected chi connectivity index (χ2v) is 6.17. The molecule has 0 amide bonds. The summed E-state index contributed by atoms with van der Waals surface area (Å²) < 4.78 is 8.22. The molecule has 4 heterocycles. The van der Waals surface area contributed by atoms with Crippen LogP contribution in [0.2, 0.25) is 0 Å². The molecule has 0 radical (unpaired) electrons. The van der Waals surface area contributed by atoms with Crippen molar-refractivity contribution in [2.24, 2.45) is 7.05 Å². The molecule has 0 N–H and O–H groups in total. The number of carbonyl (C=O) groups excluding carboxylic acids is 1. The quantitative estimate of drug-likeness (QED) is 0.537. The summed E-state index contributed by atoms with van der Waals surface area (Å²) in [5.41, 5.74) is 4.42. The van der Waals surface area contributed by atoms with E-state index in [9.17, 15) is 4.79 Å². The van der Waals surface area contributed by atoms with Gasteiger partial charge < -0.3 is 4.74 Å². The van der Waals surface area contributed by atoms with Crippen molar-refractivity contribution in [1.82, 2.24) is 24.4 Å². The standard InChI is InChI=1S/C16H13N5O2S/c1-20-7-12(5-18-20)11-4-17-15-13(6-19-21(15)8-11)10-3-14(24-9-10)16(22)23-2/h3-9H,1-2H3. The van der Waals surface area contributed by atoms with Gasteiger partial charge >= 0.3 is 5.97 Å². The van der Waals surface area contributed by atoms with Crippen LogP contribution in [0.3, 0.4) is 0 Å². The zero-order chi connectivity index (χ0) is 16.7. The number of hydrogen-bond donors (Lipinski definition) is 0. The lowest BCUT2D eigenvalue weighted by Gasteiger charge is -1.99. The smallest absolute Gasteiger partial charge is 0.348 e. The highest BCUT2D eigenvalue weighted by atomic mass is 32.1. The van der Waals surface area contributed by atoms with E-state index in [1.54, 1.807) is 33.9 Å². The molecule has 0 saturated carbocycles. The van der Waals surface area contributed by atoms with Gasteiger partial charge in [0.15, 0.2) is 5.65 Å². The van der Waals surface area contributed by atoms with E-state index in [1.165, 1.54) is 18.4 Å². The van der Waals surface area contributed by atoms with Crippen LogP contribution in [0.25, 0.3) is 27.9 Å². The summed E-state index contributed by atoms with van der Waals surface area (Å²) in [6.45, 7) is 0. The first-order valence-electron chi connectivity index (χ1n) is 7.15. The van der Waals surface area contributed by atoms with Crippen LogP contribution in [0, 0.1) is 0 Å². The first kappa shape index (κ1) is 14.6. The van der Waals surface area contributed by atoms with Crippen molar-refractivity contribution in [2.45, 2.75) is 0 Å². The number of aryl methyl sites for hydroxylation is 1. The molecule has 4 aromatic heterocycles. The van der Waals surface area contributed by atoms with E-state index in [2.05, 4.69) is 15.2 Å². The Bertz CT molecular complexity index is 1050. The van der Waals surface area contributed by atoms with E-state index < -0.39 is 0 Å². The molecule has 8 heteroatoms. The van der Waals surface area contributed by atoms with Gasteiger partial charge in [-0.3, -0.25) is 4.68 Å². The zero-order valence-corrected chi connectivity index (χ0v) is 13.8. The number of methoxy groups -OCH3 is 1. The molecule has 7 nitrogen and oxygen atoms in total. The highest BCUT2D eigenvalue weighted by Gasteiger charge is 2.14. The Morgan fingerprint density at radius 1 is 1.12 bits per heavy atom. The van der Waals surface area contributed by atoms with Crippen LogP contribution in [-0.2, 0) is 11.8 Å². The molecular formula is C16H13N5O2S. The van der Waals surface area contributed by atoms with Gasteiger partial charge in [0, 0.05) is 42.3 Å². The van der Waals surface area contributed by atoms with Crippen molar-refractivity contribution >= 4 is 23.0 Å². The lowest BCUT2D eigenvalue weighted by atomic mass is 10.1. The zero-order valence-electron chi connectivity index (χ0n) is 13.0. The van der Waals surface area contributed by atoms with Crippen molar-refractivity contribution in [1.29, 1.82) is 0 Å². The Labute approximate surface area is 141 Å². The summed E-state index contributed by atoms with van der Waals surface area (Å²) in [6.07, 6.45) is 9.17. The third-order valence-electron chi connectivity index (χ3n) is 3.69. The number of aromatic nitrogens is 5. The molecule has 0 bridgehead atoms. The van der Waals surface area contributed by atoms with Gasteiger partial charge in [-0.05, 0) is 17.0 Å². The van der Waals surface area contributed by atoms with Crippen LogP contribution >= 0.6 is 11.3 Å². The average molecular weight is 339 g/mol. The number of hydrogen-bond acceptors (Lipinski definition) is 6. The topological polar surface area (TPSA) is 74.3 Å². The van der Waals surface area contributed by atoms with Crippen molar-refractivity contribution in [3.05, 3.63) is 47.3 Å². The molecule has 4 rings (SSSR count). The number of thiophene rings is 1. The van der Waals surface area contributed by atoms with E-state index in [0.29, 0.717) is 4.88 Å². The van der Waals surface area contributed by atoms with Crippen molar-refractivity contribution < 1.29 is 9.53 Å². The molecule has 24 heavy (non-hydrogen) atoms. The van der Waals surface area contributed by atoms with Crippen molar-refractivity contribution in [3.8, 4) is 22.3 Å². The fourth-order valence-electron chi connectivity index (χ4n) is 2.48. The van der Waals surface area contributed by atoms with E-state index in [0.717, 1.165) is 27.9 Å². The number of fused-ring (bicyclic) bond motifs is 1. The van der Waals surface area contributed by atoms with Crippen LogP contribution in [0.5, 0.6) is 0 Å². The number of rotatable bonds is 3. The maximum absolute atomic E-state index is 11.6. The number of ether oxygens (including phenoxy) is 1. The van der Waals surface area contributed by atoms with Gasteiger partial charge in [-0.25, -0.2) is 14.3 Å². The molecule has 0 fully saturated rings. The molecule has 0 aliphatic carbocycles. The summed E-state index contributed by atoms with van der Waals surface area (Å²) >= 11 is 1.34. The van der Waals surface area contributed by atoms with Crippen molar-refractivity contribution in [2.75, 3.05) is 7.11 Å². The van der Waals surface area contributed by atoms with Gasteiger partial charge in [-0.1, -0.05) is 0 Å². The largest absolute Gasteiger partial charge is 0.465 e. The third kappa shape index (κ3) is 2.37. The Morgan fingerprint density at radius 3 is 2.71 bits per heavy atom. The van der Waals surface area contributed by atoms with Gasteiger partial charge in [0.25, 0.3) is 0 Å². The summed E-state index contributed by atoms with van der Waals surface area (Å²) in [5.74, 6) is -0.338. The Kier molecular flexibility index (Phi) is 3.39. The van der Waals surface area contributed by atoms with Crippen LogP contribution < -0.4 is 0 Å². The monoisotopic (exact) mass is 339 g/mol. The maximum atomic E-state index is 11.6. The van der Waals surface area contributed by atoms with Gasteiger partial charge in [0.05, 0.1) is 19.5 Å². The van der Waals surface area contributed by atoms with Crippen LogP contribution in [-0.4, -0.2) is 37.5 Å². The van der Waals surface area contributed by atoms with Crippen LogP contribution in [0.4, 0.5) is 0 Å². The van der Waals surface area contributed by atoms with Gasteiger partial charge in [-0.2, -0.15) is 10.2 Å². The van der Waals surface area contributed by atoms with E-state index >= 15 is 0 Å². The summed E-state index contributed by atoms with van der Waals surface area (Å²) in [5, 5.41) is 10.5. The fourth-order valence-corrected chi connectivity index (χ4v) is 3.31. The second-order valence-electron chi connectivity index (χ2n) is 5.26. The first-order valence-corrected chi connectivity index (χ1v) is 8.03. The molecule has 120 valence electrons.